The largest absolute Gasteiger partial charge is 0.466 e. The van der Waals surface area contributed by atoms with Gasteiger partial charge < -0.3 is 20.1 Å². The van der Waals surface area contributed by atoms with Gasteiger partial charge in [0.2, 0.25) is 11.8 Å². The zero-order valence-corrected chi connectivity index (χ0v) is 21.0. The van der Waals surface area contributed by atoms with Crippen LogP contribution in [0.1, 0.15) is 31.4 Å². The van der Waals surface area contributed by atoms with Gasteiger partial charge in [-0.3, -0.25) is 14.4 Å². The first kappa shape index (κ1) is 23.6. The SMILES string of the molecule is CCOC(=O)[C@H]1[C@@H]2SC3(CC2Br)C(C(=O)Nc2cc(C)ccc2C)N([C@H](C)CO)C(=O)[C@H]13. The Hall–Kier alpha value is -1.58. The third-order valence-corrected chi connectivity index (χ3v) is 10.1. The van der Waals surface area contributed by atoms with Crippen molar-refractivity contribution in [3.63, 3.8) is 0 Å². The first-order valence-corrected chi connectivity index (χ1v) is 12.8. The summed E-state index contributed by atoms with van der Waals surface area (Å²) >= 11 is 5.26. The van der Waals surface area contributed by atoms with Crippen molar-refractivity contribution < 1.29 is 24.2 Å². The van der Waals surface area contributed by atoms with Crippen molar-refractivity contribution in [2.45, 2.75) is 61.0 Å². The van der Waals surface area contributed by atoms with E-state index in [0.717, 1.165) is 11.1 Å². The smallest absolute Gasteiger partial charge is 0.310 e. The van der Waals surface area contributed by atoms with Crippen LogP contribution in [0.2, 0.25) is 0 Å². The van der Waals surface area contributed by atoms with E-state index in [9.17, 15) is 19.5 Å². The maximum Gasteiger partial charge on any atom is 0.310 e. The second-order valence-corrected chi connectivity index (χ2v) is 11.7. The molecule has 0 aliphatic carbocycles. The zero-order chi connectivity index (χ0) is 23.4. The number of nitrogens with zero attached hydrogens (tertiary/aromatic N) is 1. The minimum Gasteiger partial charge on any atom is -0.466 e. The number of hydrogen-bond acceptors (Lipinski definition) is 6. The van der Waals surface area contributed by atoms with Crippen molar-refractivity contribution in [1.82, 2.24) is 4.90 Å². The van der Waals surface area contributed by atoms with Gasteiger partial charge in [0.15, 0.2) is 0 Å². The summed E-state index contributed by atoms with van der Waals surface area (Å²) in [7, 11) is 0. The second-order valence-electron chi connectivity index (χ2n) is 9.00. The van der Waals surface area contributed by atoms with Crippen LogP contribution in [0.5, 0.6) is 0 Å². The molecule has 3 aliphatic heterocycles. The average Bonchev–Trinajstić information content (AvgIpc) is 3.33. The van der Waals surface area contributed by atoms with Crippen LogP contribution in [-0.4, -0.2) is 67.9 Å². The van der Waals surface area contributed by atoms with Crippen molar-refractivity contribution in [1.29, 1.82) is 0 Å². The molecule has 9 heteroatoms. The Morgan fingerprint density at radius 2 is 2.12 bits per heavy atom. The first-order chi connectivity index (χ1) is 15.2. The average molecular weight is 525 g/mol. The molecular formula is C23H29BrN2O5S. The number of nitrogens with one attached hydrogen (secondary N) is 1. The number of aliphatic hydroxyl groups excluding tert-OH is 1. The fourth-order valence-corrected chi connectivity index (χ4v) is 9.10. The van der Waals surface area contributed by atoms with Crippen molar-refractivity contribution in [3.8, 4) is 0 Å². The number of anilines is 1. The summed E-state index contributed by atoms with van der Waals surface area (Å²) in [5.41, 5.74) is 2.65. The van der Waals surface area contributed by atoms with Crippen molar-refractivity contribution in [2.24, 2.45) is 11.8 Å². The van der Waals surface area contributed by atoms with Gasteiger partial charge >= 0.3 is 5.97 Å². The second kappa shape index (κ2) is 8.65. The number of amides is 2. The molecule has 3 saturated heterocycles. The first-order valence-electron chi connectivity index (χ1n) is 11.0. The lowest BCUT2D eigenvalue weighted by Crippen LogP contribution is -2.54. The van der Waals surface area contributed by atoms with Gasteiger partial charge in [-0.2, -0.15) is 0 Å². The molecule has 32 heavy (non-hydrogen) atoms. The van der Waals surface area contributed by atoms with E-state index in [2.05, 4.69) is 21.2 Å². The number of esters is 1. The molecular weight excluding hydrogens is 496 g/mol. The van der Waals surface area contributed by atoms with Gasteiger partial charge in [-0.05, 0) is 51.3 Å². The van der Waals surface area contributed by atoms with Crippen molar-refractivity contribution in [3.05, 3.63) is 29.3 Å². The number of likely N-dealkylation sites (tertiary alicyclic amines) is 1. The third kappa shape index (κ3) is 3.47. The zero-order valence-electron chi connectivity index (χ0n) is 18.6. The van der Waals surface area contributed by atoms with Gasteiger partial charge in [-0.15, -0.1) is 11.8 Å². The number of aryl methyl sites for hydroxylation is 2. The van der Waals surface area contributed by atoms with Crippen LogP contribution >= 0.6 is 27.7 Å². The van der Waals surface area contributed by atoms with Crippen LogP contribution < -0.4 is 5.32 Å². The summed E-state index contributed by atoms with van der Waals surface area (Å²) in [6.45, 7) is 7.33. The minimum atomic E-state index is -0.795. The lowest BCUT2D eigenvalue weighted by molar-refractivity contribution is -0.154. The lowest BCUT2D eigenvalue weighted by atomic mass is 9.71. The van der Waals surface area contributed by atoms with E-state index >= 15 is 0 Å². The number of aliphatic hydroxyl groups is 1. The summed E-state index contributed by atoms with van der Waals surface area (Å²) < 4.78 is 4.58. The monoisotopic (exact) mass is 524 g/mol. The number of rotatable bonds is 6. The van der Waals surface area contributed by atoms with Gasteiger partial charge in [-0.1, -0.05) is 28.1 Å². The number of halogens is 1. The van der Waals surface area contributed by atoms with Gasteiger partial charge in [0.1, 0.15) is 6.04 Å². The number of thioether (sulfide) groups is 1. The fourth-order valence-electron chi connectivity index (χ4n) is 5.51. The Labute approximate surface area is 200 Å². The summed E-state index contributed by atoms with van der Waals surface area (Å²) in [4.78, 5) is 41.8. The molecule has 3 heterocycles. The molecule has 1 aromatic carbocycles. The molecule has 7 atom stereocenters. The van der Waals surface area contributed by atoms with E-state index in [-0.39, 0.29) is 41.1 Å². The fraction of sp³-hybridized carbons (Fsp3) is 0.609. The van der Waals surface area contributed by atoms with E-state index in [0.29, 0.717) is 12.1 Å². The number of benzene rings is 1. The molecule has 0 saturated carbocycles. The van der Waals surface area contributed by atoms with E-state index in [4.69, 9.17) is 4.74 Å². The summed E-state index contributed by atoms with van der Waals surface area (Å²) in [5.74, 6) is -2.18. The molecule has 2 bridgehead atoms. The number of carbonyl (C=O) groups is 3. The molecule has 2 amide bonds. The highest BCUT2D eigenvalue weighted by Gasteiger charge is 2.76. The molecule has 1 spiro atoms. The summed E-state index contributed by atoms with van der Waals surface area (Å²) in [6.07, 6.45) is 0.591. The van der Waals surface area contributed by atoms with Gasteiger partial charge in [0.25, 0.3) is 0 Å². The lowest BCUT2D eigenvalue weighted by Gasteiger charge is -2.36. The van der Waals surface area contributed by atoms with Crippen LogP contribution in [0, 0.1) is 25.7 Å². The number of hydrogen-bond donors (Lipinski definition) is 2. The van der Waals surface area contributed by atoms with Crippen molar-refractivity contribution in [2.75, 3.05) is 18.5 Å². The Morgan fingerprint density at radius 3 is 2.78 bits per heavy atom. The molecule has 3 fully saturated rings. The minimum absolute atomic E-state index is 0.00801. The number of carbonyl (C=O) groups excluding carboxylic acids is 3. The molecule has 3 aliphatic rings. The predicted molar refractivity (Wildman–Crippen MR) is 127 cm³/mol. The normalized spacial score (nSPS) is 33.9. The van der Waals surface area contributed by atoms with Crippen molar-refractivity contribution >= 4 is 51.2 Å². The molecule has 0 radical (unpaired) electrons. The van der Waals surface area contributed by atoms with Crippen LogP contribution in [0.25, 0.3) is 0 Å². The molecule has 2 N–H and O–H groups in total. The molecule has 4 rings (SSSR count). The Bertz CT molecular complexity index is 958. The topological polar surface area (TPSA) is 95.9 Å². The molecule has 174 valence electrons. The quantitative estimate of drug-likeness (QED) is 0.438. The highest BCUT2D eigenvalue weighted by atomic mass is 79.9. The van der Waals surface area contributed by atoms with Gasteiger partial charge in [0, 0.05) is 15.8 Å². The Balaban J connectivity index is 1.76. The molecule has 0 aromatic heterocycles. The van der Waals surface area contributed by atoms with Gasteiger partial charge in [-0.25, -0.2) is 0 Å². The predicted octanol–water partition coefficient (Wildman–Crippen LogP) is 2.65. The number of ether oxygens (including phenoxy) is 1. The molecule has 3 unspecified atom stereocenters. The highest BCUT2D eigenvalue weighted by Crippen LogP contribution is 2.68. The van der Waals surface area contributed by atoms with E-state index in [1.165, 1.54) is 4.90 Å². The van der Waals surface area contributed by atoms with E-state index in [1.807, 2.05) is 32.0 Å². The maximum absolute atomic E-state index is 13.8. The summed E-state index contributed by atoms with van der Waals surface area (Å²) in [6, 6.07) is 4.49. The maximum atomic E-state index is 13.8. The van der Waals surface area contributed by atoms with E-state index in [1.54, 1.807) is 25.6 Å². The van der Waals surface area contributed by atoms with Crippen LogP contribution in [0.4, 0.5) is 5.69 Å². The van der Waals surface area contributed by atoms with Crippen LogP contribution in [0.3, 0.4) is 0 Å². The standard InChI is InChI=1S/C23H29BrN2O5S/c1-5-31-22(30)16-17-21(29)26(13(4)10-27)19(23(17)9-14(24)18(16)32-23)20(28)25-15-8-11(2)6-7-12(15)3/h6-8,13-14,16-19,27H,5,9-10H2,1-4H3,(H,25,28)/t13-,14?,16-,17+,18-,19?,23?/m1/s1. The number of alkyl halides is 1. The van der Waals surface area contributed by atoms with E-state index < -0.39 is 28.7 Å². The van der Waals surface area contributed by atoms with Crippen LogP contribution in [-0.2, 0) is 19.1 Å². The summed E-state index contributed by atoms with van der Waals surface area (Å²) in [5, 5.41) is 12.8. The Morgan fingerprint density at radius 1 is 1.41 bits per heavy atom. The number of fused-ring (bicyclic) bond motifs is 1. The molecule has 1 aromatic rings. The Kier molecular flexibility index (Phi) is 6.37. The van der Waals surface area contributed by atoms with Gasteiger partial charge in [0.05, 0.1) is 35.8 Å². The molecule has 7 nitrogen and oxygen atoms in total. The third-order valence-electron chi connectivity index (χ3n) is 6.92. The van der Waals surface area contributed by atoms with Crippen LogP contribution in [0.15, 0.2) is 18.2 Å². The highest BCUT2D eigenvalue weighted by molar-refractivity contribution is 9.09.